The minimum absolute atomic E-state index is 0.229. The van der Waals surface area contributed by atoms with Crippen LogP contribution in [-0.4, -0.2) is 50.9 Å². The van der Waals surface area contributed by atoms with E-state index >= 15 is 0 Å². The van der Waals surface area contributed by atoms with Crippen molar-refractivity contribution in [3.8, 4) is 23.0 Å². The van der Waals surface area contributed by atoms with Gasteiger partial charge in [-0.2, -0.15) is 5.10 Å². The summed E-state index contributed by atoms with van der Waals surface area (Å²) in [5, 5.41) is 6.43. The summed E-state index contributed by atoms with van der Waals surface area (Å²) in [5.41, 5.74) is 3.70. The van der Waals surface area contributed by atoms with E-state index in [1.807, 2.05) is 13.8 Å². The van der Waals surface area contributed by atoms with E-state index in [2.05, 4.69) is 15.8 Å². The van der Waals surface area contributed by atoms with E-state index in [4.69, 9.17) is 18.9 Å². The zero-order chi connectivity index (χ0) is 28.0. The maximum absolute atomic E-state index is 12.6. The lowest BCUT2D eigenvalue weighted by molar-refractivity contribution is -0.120. The summed E-state index contributed by atoms with van der Waals surface area (Å²) in [6.45, 7) is 4.76. The molecule has 10 nitrogen and oxygen atoms in total. The first-order chi connectivity index (χ1) is 18.9. The first kappa shape index (κ1) is 28.7. The van der Waals surface area contributed by atoms with E-state index < -0.39 is 17.8 Å². The Labute approximate surface area is 226 Å². The largest absolute Gasteiger partial charge is 0.494 e. The third-order valence-corrected chi connectivity index (χ3v) is 5.19. The molecular formula is C29H31N3O7. The molecule has 0 saturated carbocycles. The van der Waals surface area contributed by atoms with Gasteiger partial charge in [0.05, 0.1) is 38.6 Å². The number of hydrazone groups is 1. The lowest BCUT2D eigenvalue weighted by Crippen LogP contribution is -2.34. The highest BCUT2D eigenvalue weighted by atomic mass is 16.6. The number of benzene rings is 3. The van der Waals surface area contributed by atoms with Gasteiger partial charge in [0.15, 0.2) is 11.5 Å². The number of carbonyl (C=O) groups is 3. The number of nitrogens with one attached hydrogen (secondary N) is 2. The van der Waals surface area contributed by atoms with E-state index in [9.17, 15) is 14.4 Å². The molecule has 0 aromatic heterocycles. The first-order valence-electron chi connectivity index (χ1n) is 12.4. The molecule has 0 atom stereocenters. The number of methoxy groups -OCH3 is 1. The number of nitrogens with zero attached hydrogens (tertiary/aromatic N) is 1. The van der Waals surface area contributed by atoms with Crippen LogP contribution in [0.4, 0.5) is 0 Å². The highest BCUT2D eigenvalue weighted by Gasteiger charge is 2.13. The first-order valence-corrected chi connectivity index (χ1v) is 12.4. The van der Waals surface area contributed by atoms with Crippen LogP contribution in [0.2, 0.25) is 0 Å². The predicted octanol–water partition coefficient (Wildman–Crippen LogP) is 3.98. The number of hydrogen-bond donors (Lipinski definition) is 2. The molecule has 0 bridgehead atoms. The Morgan fingerprint density at radius 1 is 0.846 bits per heavy atom. The average Bonchev–Trinajstić information content (AvgIpc) is 2.96. The molecule has 204 valence electrons. The fraction of sp³-hybridized carbons (Fsp3) is 0.241. The van der Waals surface area contributed by atoms with Crippen LogP contribution in [0.3, 0.4) is 0 Å². The minimum Gasteiger partial charge on any atom is -0.494 e. The lowest BCUT2D eigenvalue weighted by Gasteiger charge is -2.10. The van der Waals surface area contributed by atoms with Crippen molar-refractivity contribution in [1.29, 1.82) is 0 Å². The molecule has 0 heterocycles. The minimum atomic E-state index is -0.545. The monoisotopic (exact) mass is 533 g/mol. The van der Waals surface area contributed by atoms with Crippen molar-refractivity contribution in [2.75, 3.05) is 26.9 Å². The fourth-order valence-corrected chi connectivity index (χ4v) is 3.26. The molecule has 0 aliphatic heterocycles. The van der Waals surface area contributed by atoms with Crippen LogP contribution >= 0.6 is 0 Å². The maximum Gasteiger partial charge on any atom is 0.343 e. The maximum atomic E-state index is 12.6. The van der Waals surface area contributed by atoms with Gasteiger partial charge < -0.3 is 24.3 Å². The molecular weight excluding hydrogens is 502 g/mol. The summed E-state index contributed by atoms with van der Waals surface area (Å²) in [5.74, 6) is 0.429. The van der Waals surface area contributed by atoms with Crippen LogP contribution in [0, 0.1) is 0 Å². The van der Waals surface area contributed by atoms with Crippen LogP contribution in [-0.2, 0) is 4.79 Å². The molecule has 0 spiro atoms. The molecule has 2 amide bonds. The normalized spacial score (nSPS) is 10.5. The number of hydrogen-bond acceptors (Lipinski definition) is 8. The zero-order valence-electron chi connectivity index (χ0n) is 22.1. The van der Waals surface area contributed by atoms with Crippen molar-refractivity contribution in [2.24, 2.45) is 5.10 Å². The summed E-state index contributed by atoms with van der Waals surface area (Å²) < 4.78 is 21.7. The molecule has 0 unspecified atom stereocenters. The number of esters is 1. The van der Waals surface area contributed by atoms with Crippen molar-refractivity contribution in [1.82, 2.24) is 10.7 Å². The van der Waals surface area contributed by atoms with Gasteiger partial charge in [0, 0.05) is 5.56 Å². The third kappa shape index (κ3) is 8.89. The number of rotatable bonds is 13. The van der Waals surface area contributed by atoms with Gasteiger partial charge >= 0.3 is 5.97 Å². The molecule has 0 aliphatic rings. The van der Waals surface area contributed by atoms with Gasteiger partial charge in [0.1, 0.15) is 11.5 Å². The molecule has 0 aliphatic carbocycles. The van der Waals surface area contributed by atoms with E-state index in [0.717, 1.165) is 6.42 Å². The highest BCUT2D eigenvalue weighted by Crippen LogP contribution is 2.28. The van der Waals surface area contributed by atoms with Gasteiger partial charge in [-0.15, -0.1) is 0 Å². The topological polar surface area (TPSA) is 125 Å². The van der Waals surface area contributed by atoms with E-state index in [0.29, 0.717) is 47.2 Å². The Morgan fingerprint density at radius 3 is 2.15 bits per heavy atom. The summed E-state index contributed by atoms with van der Waals surface area (Å²) >= 11 is 0. The lowest BCUT2D eigenvalue weighted by atomic mass is 10.2. The summed E-state index contributed by atoms with van der Waals surface area (Å²) in [6.07, 6.45) is 2.29. The Balaban J connectivity index is 1.50. The van der Waals surface area contributed by atoms with Crippen LogP contribution in [0.15, 0.2) is 71.8 Å². The summed E-state index contributed by atoms with van der Waals surface area (Å²) in [7, 11) is 1.45. The Morgan fingerprint density at radius 2 is 1.51 bits per heavy atom. The zero-order valence-corrected chi connectivity index (χ0v) is 22.1. The van der Waals surface area contributed by atoms with Crippen molar-refractivity contribution < 1.29 is 33.3 Å². The van der Waals surface area contributed by atoms with Crippen LogP contribution in [0.5, 0.6) is 23.0 Å². The predicted molar refractivity (Wildman–Crippen MR) is 146 cm³/mol. The molecule has 0 radical (unpaired) electrons. The molecule has 3 rings (SSSR count). The fourth-order valence-electron chi connectivity index (χ4n) is 3.26. The Bertz CT molecular complexity index is 1290. The molecule has 3 aromatic rings. The van der Waals surface area contributed by atoms with Crippen molar-refractivity contribution in [3.05, 3.63) is 83.4 Å². The van der Waals surface area contributed by atoms with Gasteiger partial charge in [-0.1, -0.05) is 6.92 Å². The smallest absolute Gasteiger partial charge is 0.343 e. The second-order valence-corrected chi connectivity index (χ2v) is 8.11. The van der Waals surface area contributed by atoms with Crippen molar-refractivity contribution >= 4 is 24.0 Å². The quantitative estimate of drug-likeness (QED) is 0.147. The van der Waals surface area contributed by atoms with Crippen LogP contribution in [0.25, 0.3) is 0 Å². The van der Waals surface area contributed by atoms with Gasteiger partial charge in [0.25, 0.3) is 11.8 Å². The summed E-state index contributed by atoms with van der Waals surface area (Å²) in [4.78, 5) is 36.8. The van der Waals surface area contributed by atoms with Crippen molar-refractivity contribution in [2.45, 2.75) is 20.3 Å². The standard InChI is InChI=1S/C29H31N3O7/c1-4-16-38-24-13-9-22(10-14-24)29(35)39-25-15-6-20(17-26(25)36-3)18-31-32-27(33)19-30-28(34)21-7-11-23(12-8-21)37-5-2/h6-15,17-18H,4-5,16,19H2,1-3H3,(H,30,34)(H,32,33)/b31-18-. The second-order valence-electron chi connectivity index (χ2n) is 8.11. The SMILES string of the molecule is CCCOc1ccc(C(=O)Oc2ccc(/C=N\NC(=O)CNC(=O)c3ccc(OCC)cc3)cc2OC)cc1. The van der Waals surface area contributed by atoms with E-state index in [-0.39, 0.29) is 12.3 Å². The van der Waals surface area contributed by atoms with Crippen LogP contribution < -0.4 is 29.7 Å². The molecule has 39 heavy (non-hydrogen) atoms. The van der Waals surface area contributed by atoms with Gasteiger partial charge in [-0.05, 0) is 85.6 Å². The number of carbonyl (C=O) groups excluding carboxylic acids is 3. The molecule has 0 fully saturated rings. The average molecular weight is 534 g/mol. The molecule has 3 aromatic carbocycles. The van der Waals surface area contributed by atoms with Gasteiger partial charge in [-0.3, -0.25) is 9.59 Å². The molecule has 0 saturated heterocycles. The highest BCUT2D eigenvalue weighted by molar-refractivity contribution is 5.96. The van der Waals surface area contributed by atoms with Crippen molar-refractivity contribution in [3.63, 3.8) is 0 Å². The Kier molecular flexibility index (Phi) is 10.9. The number of ether oxygens (including phenoxy) is 4. The third-order valence-electron chi connectivity index (χ3n) is 5.19. The second kappa shape index (κ2) is 14.8. The van der Waals surface area contributed by atoms with E-state index in [1.54, 1.807) is 66.7 Å². The number of amides is 2. The van der Waals surface area contributed by atoms with Gasteiger partial charge in [0.2, 0.25) is 0 Å². The van der Waals surface area contributed by atoms with E-state index in [1.165, 1.54) is 13.3 Å². The van der Waals surface area contributed by atoms with Crippen LogP contribution in [0.1, 0.15) is 46.5 Å². The molecule has 10 heteroatoms. The Hall–Kier alpha value is -4.86. The summed E-state index contributed by atoms with van der Waals surface area (Å²) in [6, 6.07) is 18.1. The molecule has 2 N–H and O–H groups in total. The van der Waals surface area contributed by atoms with Gasteiger partial charge in [-0.25, -0.2) is 10.2 Å².